The fraction of sp³-hybridized carbons (Fsp3) is 0.278. The number of rotatable bonds is 5. The maximum absolute atomic E-state index is 13.0. The largest absolute Gasteiger partial charge is 0.474 e. The molecule has 2 aromatic rings. The summed E-state index contributed by atoms with van der Waals surface area (Å²) >= 11 is 6.12. The van der Waals surface area contributed by atoms with E-state index in [1.807, 2.05) is 18.2 Å². The number of halogens is 1. The first-order valence-electron chi connectivity index (χ1n) is 8.08. The number of nitro benzene ring substituents is 1. The number of nitro groups is 1. The average molecular weight is 377 g/mol. The van der Waals surface area contributed by atoms with Crippen LogP contribution in [-0.4, -0.2) is 42.0 Å². The van der Waals surface area contributed by atoms with Crippen LogP contribution in [0.5, 0.6) is 5.75 Å². The summed E-state index contributed by atoms with van der Waals surface area (Å²) in [6.45, 7) is 1.93. The van der Waals surface area contributed by atoms with Crippen molar-refractivity contribution < 1.29 is 19.2 Å². The van der Waals surface area contributed by atoms with Gasteiger partial charge in [0.25, 0.3) is 11.6 Å². The molecule has 8 heteroatoms. The molecule has 0 saturated carbocycles. The molecule has 1 amide bonds. The van der Waals surface area contributed by atoms with Gasteiger partial charge >= 0.3 is 0 Å². The molecule has 0 aliphatic carbocycles. The van der Waals surface area contributed by atoms with E-state index < -0.39 is 11.0 Å². The number of hydrogen-bond acceptors (Lipinski definition) is 5. The lowest BCUT2D eigenvalue weighted by atomic mass is 10.1. The van der Waals surface area contributed by atoms with E-state index in [4.69, 9.17) is 21.1 Å². The van der Waals surface area contributed by atoms with Crippen LogP contribution in [0.15, 0.2) is 48.5 Å². The van der Waals surface area contributed by atoms with E-state index >= 15 is 0 Å². The maximum atomic E-state index is 13.0. The van der Waals surface area contributed by atoms with Crippen molar-refractivity contribution in [1.29, 1.82) is 0 Å². The summed E-state index contributed by atoms with van der Waals surface area (Å²) in [4.78, 5) is 25.0. The Balaban J connectivity index is 1.89. The van der Waals surface area contributed by atoms with Gasteiger partial charge in [-0.1, -0.05) is 41.9 Å². The fourth-order valence-electron chi connectivity index (χ4n) is 2.66. The number of ether oxygens (including phenoxy) is 2. The van der Waals surface area contributed by atoms with Crippen molar-refractivity contribution in [3.8, 4) is 5.75 Å². The molecule has 2 aromatic carbocycles. The molecule has 136 valence electrons. The molecule has 26 heavy (non-hydrogen) atoms. The molecule has 1 atom stereocenters. The SMILES string of the molecule is O=C([C@H](Oc1ccc([N+](=O)[O-])cc1Cl)c1ccccc1)N1CCOCC1. The second kappa shape index (κ2) is 8.16. The van der Waals surface area contributed by atoms with E-state index in [-0.39, 0.29) is 22.4 Å². The van der Waals surface area contributed by atoms with Gasteiger partial charge < -0.3 is 14.4 Å². The Kier molecular flexibility index (Phi) is 5.70. The van der Waals surface area contributed by atoms with Crippen molar-refractivity contribution >= 4 is 23.2 Å². The van der Waals surface area contributed by atoms with Crippen LogP contribution in [0.25, 0.3) is 0 Å². The molecule has 1 saturated heterocycles. The zero-order valence-electron chi connectivity index (χ0n) is 13.8. The van der Waals surface area contributed by atoms with Gasteiger partial charge in [-0.2, -0.15) is 0 Å². The van der Waals surface area contributed by atoms with Crippen molar-refractivity contribution in [1.82, 2.24) is 4.90 Å². The zero-order valence-corrected chi connectivity index (χ0v) is 14.6. The standard InChI is InChI=1S/C18H17ClN2O5/c19-15-12-14(21(23)24)6-7-16(15)26-17(13-4-2-1-3-5-13)18(22)20-8-10-25-11-9-20/h1-7,12,17H,8-11H2/t17-/m1/s1. The van der Waals surface area contributed by atoms with Gasteiger partial charge in [-0.15, -0.1) is 0 Å². The van der Waals surface area contributed by atoms with Crippen LogP contribution in [0.4, 0.5) is 5.69 Å². The fourth-order valence-corrected chi connectivity index (χ4v) is 2.88. The minimum Gasteiger partial charge on any atom is -0.474 e. The molecule has 0 radical (unpaired) electrons. The Morgan fingerprint density at radius 2 is 1.88 bits per heavy atom. The van der Waals surface area contributed by atoms with E-state index in [1.54, 1.807) is 17.0 Å². The molecule has 7 nitrogen and oxygen atoms in total. The first-order chi connectivity index (χ1) is 12.6. The molecule has 0 aromatic heterocycles. The Morgan fingerprint density at radius 3 is 2.50 bits per heavy atom. The Bertz CT molecular complexity index is 793. The Labute approximate surface area is 155 Å². The van der Waals surface area contributed by atoms with Gasteiger partial charge in [0.15, 0.2) is 0 Å². The van der Waals surface area contributed by atoms with Gasteiger partial charge in [0.1, 0.15) is 5.75 Å². The van der Waals surface area contributed by atoms with E-state index in [0.29, 0.717) is 31.9 Å². The highest BCUT2D eigenvalue weighted by Gasteiger charge is 2.29. The predicted octanol–water partition coefficient (Wildman–Crippen LogP) is 3.23. The molecule has 1 aliphatic heterocycles. The van der Waals surface area contributed by atoms with Crippen LogP contribution in [0, 0.1) is 10.1 Å². The van der Waals surface area contributed by atoms with Crippen LogP contribution in [0.3, 0.4) is 0 Å². The van der Waals surface area contributed by atoms with Crippen LogP contribution >= 0.6 is 11.6 Å². The molecule has 0 N–H and O–H groups in total. The van der Waals surface area contributed by atoms with Crippen molar-refractivity contribution in [3.05, 3.63) is 69.2 Å². The number of benzene rings is 2. The lowest BCUT2D eigenvalue weighted by Gasteiger charge is -2.30. The lowest BCUT2D eigenvalue weighted by molar-refractivity contribution is -0.384. The molecule has 1 heterocycles. The van der Waals surface area contributed by atoms with Crippen molar-refractivity contribution in [3.63, 3.8) is 0 Å². The van der Waals surface area contributed by atoms with Gasteiger partial charge in [-0.25, -0.2) is 0 Å². The molecule has 1 aliphatic rings. The summed E-state index contributed by atoms with van der Waals surface area (Å²) in [5, 5.41) is 10.9. The van der Waals surface area contributed by atoms with Gasteiger partial charge in [0.2, 0.25) is 6.10 Å². The first-order valence-corrected chi connectivity index (χ1v) is 8.46. The monoisotopic (exact) mass is 376 g/mol. The second-order valence-electron chi connectivity index (χ2n) is 5.72. The molecular formula is C18H17ClN2O5. The molecular weight excluding hydrogens is 360 g/mol. The first kappa shape index (κ1) is 18.2. The van der Waals surface area contributed by atoms with E-state index in [2.05, 4.69) is 0 Å². The third kappa shape index (κ3) is 4.12. The van der Waals surface area contributed by atoms with E-state index in [1.165, 1.54) is 18.2 Å². The number of amides is 1. The van der Waals surface area contributed by atoms with Crippen LogP contribution in [-0.2, 0) is 9.53 Å². The molecule has 3 rings (SSSR count). The topological polar surface area (TPSA) is 81.9 Å². The number of morpholine rings is 1. The lowest BCUT2D eigenvalue weighted by Crippen LogP contribution is -2.44. The van der Waals surface area contributed by atoms with Gasteiger partial charge in [-0.3, -0.25) is 14.9 Å². The van der Waals surface area contributed by atoms with Gasteiger partial charge in [0.05, 0.1) is 23.2 Å². The molecule has 0 unspecified atom stereocenters. The summed E-state index contributed by atoms with van der Waals surface area (Å²) in [6.07, 6.45) is -0.895. The molecule has 0 bridgehead atoms. The number of hydrogen-bond donors (Lipinski definition) is 0. The minimum absolute atomic E-state index is 0.0786. The zero-order chi connectivity index (χ0) is 18.5. The summed E-state index contributed by atoms with van der Waals surface area (Å²) in [7, 11) is 0. The highest BCUT2D eigenvalue weighted by molar-refractivity contribution is 6.32. The number of nitrogens with zero attached hydrogens (tertiary/aromatic N) is 2. The second-order valence-corrected chi connectivity index (χ2v) is 6.13. The van der Waals surface area contributed by atoms with Crippen molar-refractivity contribution in [2.75, 3.05) is 26.3 Å². The van der Waals surface area contributed by atoms with Gasteiger partial charge in [-0.05, 0) is 6.07 Å². The average Bonchev–Trinajstić information content (AvgIpc) is 2.67. The van der Waals surface area contributed by atoms with Crippen LogP contribution in [0.2, 0.25) is 5.02 Å². The molecule has 0 spiro atoms. The number of carbonyl (C=O) groups is 1. The highest BCUT2D eigenvalue weighted by atomic mass is 35.5. The maximum Gasteiger partial charge on any atom is 0.271 e. The van der Waals surface area contributed by atoms with E-state index in [9.17, 15) is 14.9 Å². The van der Waals surface area contributed by atoms with Crippen molar-refractivity contribution in [2.24, 2.45) is 0 Å². The quantitative estimate of drug-likeness (QED) is 0.591. The van der Waals surface area contributed by atoms with Gasteiger partial charge in [0, 0.05) is 30.8 Å². The van der Waals surface area contributed by atoms with E-state index in [0.717, 1.165) is 0 Å². The third-order valence-corrected chi connectivity index (χ3v) is 4.32. The predicted molar refractivity (Wildman–Crippen MR) is 95.3 cm³/mol. The molecule has 1 fully saturated rings. The highest BCUT2D eigenvalue weighted by Crippen LogP contribution is 2.33. The van der Waals surface area contributed by atoms with Crippen molar-refractivity contribution in [2.45, 2.75) is 6.10 Å². The Morgan fingerprint density at radius 1 is 1.19 bits per heavy atom. The third-order valence-electron chi connectivity index (χ3n) is 4.02. The summed E-state index contributed by atoms with van der Waals surface area (Å²) in [6, 6.07) is 13.0. The summed E-state index contributed by atoms with van der Waals surface area (Å²) in [5.74, 6) is 0.0154. The number of carbonyl (C=O) groups excluding carboxylic acids is 1. The summed E-state index contributed by atoms with van der Waals surface area (Å²) in [5.41, 5.74) is 0.538. The summed E-state index contributed by atoms with van der Waals surface area (Å²) < 4.78 is 11.2. The smallest absolute Gasteiger partial charge is 0.271 e. The minimum atomic E-state index is -0.895. The Hall–Kier alpha value is -2.64. The number of non-ortho nitro benzene ring substituents is 1. The van der Waals surface area contributed by atoms with Crippen LogP contribution in [0.1, 0.15) is 11.7 Å². The van der Waals surface area contributed by atoms with Crippen LogP contribution < -0.4 is 4.74 Å². The normalized spacial score (nSPS) is 15.3.